The Morgan fingerprint density at radius 1 is 1.44 bits per heavy atom. The number of carbonyl (C=O) groups is 1. The summed E-state index contributed by atoms with van der Waals surface area (Å²) in [5.74, 6) is 0.261. The van der Waals surface area contributed by atoms with Crippen LogP contribution in [-0.4, -0.2) is 36.2 Å². The Morgan fingerprint density at radius 3 is 2.38 bits per heavy atom. The molecule has 0 spiro atoms. The number of alkyl halides is 3. The molecule has 1 aliphatic carbocycles. The molecule has 0 aromatic rings. The fourth-order valence-electron chi connectivity index (χ4n) is 1.45. The summed E-state index contributed by atoms with van der Waals surface area (Å²) >= 11 is 0. The minimum absolute atomic E-state index is 0.135. The predicted octanol–water partition coefficient (Wildman–Crippen LogP) is 2.38. The van der Waals surface area contributed by atoms with E-state index in [2.05, 4.69) is 0 Å². The molecule has 1 N–H and O–H groups in total. The monoisotopic (exact) mass is 238 g/mol. The van der Waals surface area contributed by atoms with Crippen LogP contribution in [0, 0.1) is 5.92 Å². The summed E-state index contributed by atoms with van der Waals surface area (Å²) in [6.07, 6.45) is -2.55. The highest BCUT2D eigenvalue weighted by atomic mass is 19.4. The largest absolute Gasteiger partial charge is 0.405 e. The van der Waals surface area contributed by atoms with Crippen LogP contribution in [0.15, 0.2) is 0 Å². The highest BCUT2D eigenvalue weighted by molar-refractivity contribution is 5.75. The Morgan fingerprint density at radius 2 is 2.00 bits per heavy atom. The molecule has 0 heterocycles. The number of rotatable bonds is 4. The van der Waals surface area contributed by atoms with Crippen molar-refractivity contribution in [1.29, 1.82) is 0 Å². The fourth-order valence-corrected chi connectivity index (χ4v) is 1.45. The maximum Gasteiger partial charge on any atom is 0.405 e. The number of hydrogen-bond acceptors (Lipinski definition) is 1. The summed E-state index contributed by atoms with van der Waals surface area (Å²) in [5.41, 5.74) is 0. The molecule has 1 aliphatic rings. The first kappa shape index (κ1) is 13.1. The molecule has 1 fully saturated rings. The molecule has 1 saturated carbocycles. The van der Waals surface area contributed by atoms with Gasteiger partial charge in [0.05, 0.1) is 0 Å². The van der Waals surface area contributed by atoms with Gasteiger partial charge in [0.2, 0.25) is 0 Å². The lowest BCUT2D eigenvalue weighted by Crippen LogP contribution is -2.46. The third-order valence-corrected chi connectivity index (χ3v) is 2.25. The van der Waals surface area contributed by atoms with Crippen molar-refractivity contribution in [2.24, 2.45) is 5.92 Å². The second-order valence-electron chi connectivity index (χ2n) is 4.55. The van der Waals surface area contributed by atoms with E-state index < -0.39 is 18.8 Å². The maximum atomic E-state index is 11.9. The molecule has 6 heteroatoms. The SMILES string of the molecule is CC(C)CN(C(=O)NCC(F)(F)F)C1CC1. The van der Waals surface area contributed by atoms with Crippen molar-refractivity contribution >= 4 is 6.03 Å². The quantitative estimate of drug-likeness (QED) is 0.801. The van der Waals surface area contributed by atoms with Crippen molar-refractivity contribution in [1.82, 2.24) is 10.2 Å². The predicted molar refractivity (Wildman–Crippen MR) is 54.0 cm³/mol. The van der Waals surface area contributed by atoms with Gasteiger partial charge in [-0.05, 0) is 18.8 Å². The third-order valence-electron chi connectivity index (χ3n) is 2.25. The summed E-state index contributed by atoms with van der Waals surface area (Å²) in [6, 6.07) is -0.468. The molecule has 2 amide bonds. The zero-order chi connectivity index (χ0) is 12.3. The van der Waals surface area contributed by atoms with Crippen LogP contribution in [0.1, 0.15) is 26.7 Å². The van der Waals surface area contributed by atoms with E-state index in [0.29, 0.717) is 6.54 Å². The van der Waals surface area contributed by atoms with E-state index >= 15 is 0 Å². The van der Waals surface area contributed by atoms with E-state index in [4.69, 9.17) is 0 Å². The Hall–Kier alpha value is -0.940. The van der Waals surface area contributed by atoms with Gasteiger partial charge in [-0.1, -0.05) is 13.8 Å². The van der Waals surface area contributed by atoms with E-state index in [1.54, 1.807) is 0 Å². The Bertz CT molecular complexity index is 249. The van der Waals surface area contributed by atoms with Gasteiger partial charge in [0.25, 0.3) is 0 Å². The van der Waals surface area contributed by atoms with Gasteiger partial charge in [-0.15, -0.1) is 0 Å². The van der Waals surface area contributed by atoms with Gasteiger partial charge in [-0.3, -0.25) is 0 Å². The Labute approximate surface area is 93.0 Å². The van der Waals surface area contributed by atoms with Crippen LogP contribution in [0.5, 0.6) is 0 Å². The number of hydrogen-bond donors (Lipinski definition) is 1. The summed E-state index contributed by atoms with van der Waals surface area (Å²) in [6.45, 7) is 3.13. The van der Waals surface area contributed by atoms with Crippen LogP contribution in [-0.2, 0) is 0 Å². The Balaban J connectivity index is 2.41. The smallest absolute Gasteiger partial charge is 0.329 e. The molecular formula is C10H17F3N2O. The summed E-state index contributed by atoms with van der Waals surface area (Å²) in [4.78, 5) is 13.0. The van der Waals surface area contributed by atoms with Crippen molar-refractivity contribution in [2.75, 3.05) is 13.1 Å². The number of urea groups is 1. The van der Waals surface area contributed by atoms with Crippen LogP contribution < -0.4 is 5.32 Å². The van der Waals surface area contributed by atoms with Gasteiger partial charge < -0.3 is 10.2 Å². The summed E-state index contributed by atoms with van der Waals surface area (Å²) in [5, 5.41) is 1.91. The standard InChI is InChI=1S/C10H17F3N2O/c1-7(2)5-15(8-3-4-8)9(16)14-6-10(11,12)13/h7-8H,3-6H2,1-2H3,(H,14,16). The molecule has 0 aliphatic heterocycles. The first-order valence-corrected chi connectivity index (χ1v) is 5.41. The van der Waals surface area contributed by atoms with E-state index in [-0.39, 0.29) is 12.0 Å². The maximum absolute atomic E-state index is 11.9. The molecular weight excluding hydrogens is 221 g/mol. The molecule has 0 radical (unpaired) electrons. The lowest BCUT2D eigenvalue weighted by molar-refractivity contribution is -0.123. The average molecular weight is 238 g/mol. The van der Waals surface area contributed by atoms with Gasteiger partial charge in [0, 0.05) is 12.6 Å². The van der Waals surface area contributed by atoms with E-state index in [1.165, 1.54) is 4.90 Å². The molecule has 1 rings (SSSR count). The molecule has 94 valence electrons. The number of nitrogens with one attached hydrogen (secondary N) is 1. The highest BCUT2D eigenvalue weighted by Gasteiger charge is 2.35. The first-order chi connectivity index (χ1) is 7.29. The molecule has 0 saturated heterocycles. The van der Waals surface area contributed by atoms with Gasteiger partial charge >= 0.3 is 12.2 Å². The van der Waals surface area contributed by atoms with E-state index in [0.717, 1.165) is 12.8 Å². The Kier molecular flexibility index (Phi) is 4.04. The molecule has 0 aromatic carbocycles. The van der Waals surface area contributed by atoms with Crippen molar-refractivity contribution in [3.05, 3.63) is 0 Å². The number of carbonyl (C=O) groups excluding carboxylic acids is 1. The molecule has 0 atom stereocenters. The molecule has 0 unspecified atom stereocenters. The molecule has 16 heavy (non-hydrogen) atoms. The zero-order valence-corrected chi connectivity index (χ0v) is 9.47. The fraction of sp³-hybridized carbons (Fsp3) is 0.900. The van der Waals surface area contributed by atoms with Crippen LogP contribution in [0.2, 0.25) is 0 Å². The van der Waals surface area contributed by atoms with E-state index in [1.807, 2.05) is 19.2 Å². The van der Waals surface area contributed by atoms with E-state index in [9.17, 15) is 18.0 Å². The minimum Gasteiger partial charge on any atom is -0.329 e. The van der Waals surface area contributed by atoms with Crippen LogP contribution in [0.3, 0.4) is 0 Å². The summed E-state index contributed by atoms with van der Waals surface area (Å²) < 4.78 is 35.8. The molecule has 0 aromatic heterocycles. The third kappa shape index (κ3) is 4.72. The first-order valence-electron chi connectivity index (χ1n) is 5.41. The number of nitrogens with zero attached hydrogens (tertiary/aromatic N) is 1. The average Bonchev–Trinajstić information content (AvgIpc) is 2.92. The van der Waals surface area contributed by atoms with Gasteiger partial charge in [0.15, 0.2) is 0 Å². The van der Waals surface area contributed by atoms with Crippen LogP contribution in [0.25, 0.3) is 0 Å². The van der Waals surface area contributed by atoms with Crippen molar-refractivity contribution < 1.29 is 18.0 Å². The zero-order valence-electron chi connectivity index (χ0n) is 9.47. The second kappa shape index (κ2) is 4.93. The van der Waals surface area contributed by atoms with Gasteiger partial charge in [0.1, 0.15) is 6.54 Å². The number of amides is 2. The highest BCUT2D eigenvalue weighted by Crippen LogP contribution is 2.27. The topological polar surface area (TPSA) is 32.3 Å². The van der Waals surface area contributed by atoms with Gasteiger partial charge in [-0.2, -0.15) is 13.2 Å². The second-order valence-corrected chi connectivity index (χ2v) is 4.55. The lowest BCUT2D eigenvalue weighted by atomic mass is 10.2. The lowest BCUT2D eigenvalue weighted by Gasteiger charge is -2.25. The van der Waals surface area contributed by atoms with Crippen molar-refractivity contribution in [2.45, 2.75) is 38.9 Å². The minimum atomic E-state index is -4.34. The normalized spacial score (nSPS) is 16.4. The molecule has 0 bridgehead atoms. The van der Waals surface area contributed by atoms with Crippen LogP contribution >= 0.6 is 0 Å². The molecule has 3 nitrogen and oxygen atoms in total. The van der Waals surface area contributed by atoms with Gasteiger partial charge in [-0.25, -0.2) is 4.79 Å². The number of halogens is 3. The summed E-state index contributed by atoms with van der Waals surface area (Å²) in [7, 11) is 0. The van der Waals surface area contributed by atoms with Crippen molar-refractivity contribution in [3.63, 3.8) is 0 Å². The van der Waals surface area contributed by atoms with Crippen LogP contribution in [0.4, 0.5) is 18.0 Å². The van der Waals surface area contributed by atoms with Crippen molar-refractivity contribution in [3.8, 4) is 0 Å².